The lowest BCUT2D eigenvalue weighted by Crippen LogP contribution is -2.61. The van der Waals surface area contributed by atoms with Gasteiger partial charge in [0.1, 0.15) is 12.4 Å². The summed E-state index contributed by atoms with van der Waals surface area (Å²) < 4.78 is 37.8. The zero-order valence-electron chi connectivity index (χ0n) is 23.5. The Balaban J connectivity index is 1.55. The lowest BCUT2D eigenvalue weighted by atomic mass is 9.82. The van der Waals surface area contributed by atoms with Crippen LogP contribution in [-0.2, 0) is 21.8 Å². The van der Waals surface area contributed by atoms with Gasteiger partial charge < -0.3 is 9.64 Å². The summed E-state index contributed by atoms with van der Waals surface area (Å²) in [6, 6.07) is 11.3. The number of benzene rings is 2. The summed E-state index contributed by atoms with van der Waals surface area (Å²) in [6.07, 6.45) is 3.60. The largest absolute Gasteiger partial charge is 0.360 e. The molecule has 2 heterocycles. The first-order chi connectivity index (χ1) is 18.9. The van der Waals surface area contributed by atoms with Crippen LogP contribution in [0, 0.1) is 23.5 Å². The van der Waals surface area contributed by atoms with Crippen molar-refractivity contribution < 1.29 is 23.1 Å². The number of carbonyl (C=O) groups excluding carboxylic acids is 2. The molecule has 10 heteroatoms. The summed E-state index contributed by atoms with van der Waals surface area (Å²) in [5.74, 6) is 2.79. The van der Waals surface area contributed by atoms with E-state index in [1.165, 1.54) is 11.9 Å². The number of amides is 3. The zero-order chi connectivity index (χ0) is 29.1. The maximum absolute atomic E-state index is 15.2. The third kappa shape index (κ3) is 6.16. The summed E-state index contributed by atoms with van der Waals surface area (Å²) in [5, 5.41) is 4.36. The Morgan fingerprint density at radius 3 is 2.33 bits per heavy atom. The summed E-state index contributed by atoms with van der Waals surface area (Å²) in [7, 11) is 0.306. The van der Waals surface area contributed by atoms with Crippen LogP contribution in [0.15, 0.2) is 54.9 Å². The van der Waals surface area contributed by atoms with E-state index in [1.807, 2.05) is 25.1 Å². The van der Waals surface area contributed by atoms with Gasteiger partial charge in [-0.2, -0.15) is 5.10 Å². The highest BCUT2D eigenvalue weighted by molar-refractivity contribution is 6.76. The van der Waals surface area contributed by atoms with Crippen LogP contribution >= 0.6 is 0 Å². The molecular weight excluding hydrogens is 530 g/mol. The van der Waals surface area contributed by atoms with Gasteiger partial charge in [0.15, 0.2) is 11.6 Å². The van der Waals surface area contributed by atoms with Gasteiger partial charge in [0, 0.05) is 44.6 Å². The zero-order valence-corrected chi connectivity index (χ0v) is 24.5. The summed E-state index contributed by atoms with van der Waals surface area (Å²) in [6.45, 7) is 9.55. The average molecular weight is 565 g/mol. The number of anilines is 1. The van der Waals surface area contributed by atoms with Crippen molar-refractivity contribution in [3.05, 3.63) is 83.2 Å². The van der Waals surface area contributed by atoms with Gasteiger partial charge in [-0.1, -0.05) is 56.6 Å². The fourth-order valence-electron chi connectivity index (χ4n) is 4.70. The first-order valence-corrected chi connectivity index (χ1v) is 16.9. The van der Waals surface area contributed by atoms with Crippen LogP contribution in [0.3, 0.4) is 0 Å². The van der Waals surface area contributed by atoms with Crippen molar-refractivity contribution in [3.8, 4) is 11.8 Å². The molecule has 0 bridgehead atoms. The van der Waals surface area contributed by atoms with E-state index in [2.05, 4.69) is 36.6 Å². The van der Waals surface area contributed by atoms with Crippen LogP contribution < -0.4 is 4.90 Å². The molecule has 1 atom stereocenters. The van der Waals surface area contributed by atoms with Crippen molar-refractivity contribution >= 4 is 25.7 Å². The first-order valence-electron chi connectivity index (χ1n) is 13.2. The molecule has 210 valence electrons. The number of aromatic nitrogens is 2. The quantitative estimate of drug-likeness (QED) is 0.192. The highest BCUT2D eigenvalue weighted by Gasteiger charge is 2.50. The van der Waals surface area contributed by atoms with Crippen molar-refractivity contribution in [3.63, 3.8) is 0 Å². The maximum atomic E-state index is 15.2. The predicted octanol–water partition coefficient (Wildman–Crippen LogP) is 5.97. The molecule has 2 aromatic carbocycles. The number of hydrogen-bond acceptors (Lipinski definition) is 4. The molecule has 0 saturated carbocycles. The standard InChI is InChI=1S/C30H34F2N4O3Si/c1-6-30(24-19-33-35(20-24)21-39-14-15-40(3,4)5)18-27(37)36(29(38)34(30)2)28-25(31)16-23(17-26(28)32)13-12-22-10-8-7-9-11-22/h7-11,16-17,19-20H,6,14-15,18,21H2,1-5H3. The van der Waals surface area contributed by atoms with Crippen molar-refractivity contribution in [2.45, 2.75) is 57.7 Å². The van der Waals surface area contributed by atoms with E-state index in [0.29, 0.717) is 29.1 Å². The van der Waals surface area contributed by atoms with E-state index in [0.717, 1.165) is 18.2 Å². The molecule has 3 aromatic rings. The molecule has 1 unspecified atom stereocenters. The van der Waals surface area contributed by atoms with Gasteiger partial charge in [-0.15, -0.1) is 0 Å². The van der Waals surface area contributed by atoms with E-state index >= 15 is 8.78 Å². The SMILES string of the molecule is CCC1(c2cnn(COCC[Si](C)(C)C)c2)CC(=O)N(c2c(F)cc(C#Cc3ccccc3)cc2F)C(=O)N1C. The van der Waals surface area contributed by atoms with E-state index in [1.54, 1.807) is 29.2 Å². The molecule has 3 amide bonds. The Kier molecular flexibility index (Phi) is 8.56. The van der Waals surface area contributed by atoms with Crippen molar-refractivity contribution in [2.24, 2.45) is 0 Å². The minimum absolute atomic E-state index is 0.0928. The third-order valence-electron chi connectivity index (χ3n) is 7.15. The molecule has 40 heavy (non-hydrogen) atoms. The molecule has 4 rings (SSSR count). The molecule has 0 radical (unpaired) electrons. The van der Waals surface area contributed by atoms with Gasteiger partial charge >= 0.3 is 6.03 Å². The van der Waals surface area contributed by atoms with Gasteiger partial charge in [0.05, 0.1) is 18.2 Å². The van der Waals surface area contributed by atoms with Crippen LogP contribution in [0.2, 0.25) is 25.7 Å². The summed E-state index contributed by atoms with van der Waals surface area (Å²) in [5.41, 5.74) is -0.290. The molecular formula is C30H34F2N4O3Si. The number of urea groups is 1. The van der Waals surface area contributed by atoms with Crippen molar-refractivity contribution in [2.75, 3.05) is 18.6 Å². The molecule has 0 spiro atoms. The van der Waals surface area contributed by atoms with Crippen molar-refractivity contribution in [1.29, 1.82) is 0 Å². The van der Waals surface area contributed by atoms with Gasteiger partial charge in [0.25, 0.3) is 0 Å². The molecule has 1 aliphatic rings. The van der Waals surface area contributed by atoms with Crippen molar-refractivity contribution in [1.82, 2.24) is 14.7 Å². The number of hydrogen-bond donors (Lipinski definition) is 0. The van der Waals surface area contributed by atoms with Gasteiger partial charge in [0.2, 0.25) is 5.91 Å². The number of rotatable bonds is 8. The molecule has 7 nitrogen and oxygen atoms in total. The Morgan fingerprint density at radius 2 is 1.70 bits per heavy atom. The second-order valence-corrected chi connectivity index (χ2v) is 16.8. The number of nitrogens with zero attached hydrogens (tertiary/aromatic N) is 4. The minimum atomic E-state index is -1.22. The Labute approximate surface area is 234 Å². The first kappa shape index (κ1) is 29.2. The molecule has 1 aromatic heterocycles. The second-order valence-electron chi connectivity index (χ2n) is 11.2. The van der Waals surface area contributed by atoms with Gasteiger partial charge in [-0.25, -0.2) is 23.2 Å². The van der Waals surface area contributed by atoms with Crippen LogP contribution in [-0.4, -0.2) is 48.3 Å². The molecule has 1 fully saturated rings. The minimum Gasteiger partial charge on any atom is -0.360 e. The second kappa shape index (κ2) is 11.7. The van der Waals surface area contributed by atoms with E-state index < -0.39 is 42.9 Å². The topological polar surface area (TPSA) is 67.7 Å². The van der Waals surface area contributed by atoms with Crippen LogP contribution in [0.25, 0.3) is 0 Å². The van der Waals surface area contributed by atoms with Gasteiger partial charge in [-0.05, 0) is 36.7 Å². The monoisotopic (exact) mass is 564 g/mol. The molecule has 0 N–H and O–H groups in total. The van der Waals surface area contributed by atoms with Crippen LogP contribution in [0.1, 0.15) is 36.5 Å². The normalized spacial score (nSPS) is 17.7. The maximum Gasteiger partial charge on any atom is 0.332 e. The van der Waals surface area contributed by atoms with E-state index in [9.17, 15) is 9.59 Å². The smallest absolute Gasteiger partial charge is 0.332 e. The summed E-state index contributed by atoms with van der Waals surface area (Å²) >= 11 is 0. The molecule has 1 aliphatic heterocycles. The number of carbonyl (C=O) groups is 2. The number of ether oxygens (including phenoxy) is 1. The van der Waals surface area contributed by atoms with Crippen LogP contribution in [0.5, 0.6) is 0 Å². The van der Waals surface area contributed by atoms with Crippen LogP contribution in [0.4, 0.5) is 19.3 Å². The third-order valence-corrected chi connectivity index (χ3v) is 8.86. The fraction of sp³-hybridized carbons (Fsp3) is 0.367. The molecule has 0 aliphatic carbocycles. The predicted molar refractivity (Wildman–Crippen MR) is 152 cm³/mol. The highest BCUT2D eigenvalue weighted by Crippen LogP contribution is 2.41. The average Bonchev–Trinajstić information content (AvgIpc) is 3.38. The Morgan fingerprint density at radius 1 is 1.05 bits per heavy atom. The Bertz CT molecular complexity index is 1440. The highest BCUT2D eigenvalue weighted by atomic mass is 28.3. The number of halogens is 2. The Hall–Kier alpha value is -3.81. The van der Waals surface area contributed by atoms with E-state index in [-0.39, 0.29) is 18.7 Å². The fourth-order valence-corrected chi connectivity index (χ4v) is 5.45. The summed E-state index contributed by atoms with van der Waals surface area (Å²) in [4.78, 5) is 28.8. The number of imide groups is 1. The van der Waals surface area contributed by atoms with E-state index in [4.69, 9.17) is 4.74 Å². The van der Waals surface area contributed by atoms with Gasteiger partial charge in [-0.3, -0.25) is 4.79 Å². The molecule has 1 saturated heterocycles. The lowest BCUT2D eigenvalue weighted by Gasteiger charge is -2.46. The lowest BCUT2D eigenvalue weighted by molar-refractivity contribution is -0.122.